The molecule has 0 bridgehead atoms. The molecule has 0 unspecified atom stereocenters. The Morgan fingerprint density at radius 3 is 2.19 bits per heavy atom. The molecule has 9 heteroatoms. The number of carbonyl (C=O) groups is 4. The predicted octanol–water partition coefficient (Wildman–Crippen LogP) is 1.55. The number of amides is 4. The number of nitrogens with one attached hydrogen (secondary N) is 2. The maximum atomic E-state index is 12.0. The smallest absolute Gasteiger partial charge is 0.407 e. The van der Waals surface area contributed by atoms with Gasteiger partial charge in [0.25, 0.3) is 11.8 Å². The van der Waals surface area contributed by atoms with Crippen molar-refractivity contribution in [1.82, 2.24) is 15.9 Å². The quantitative estimate of drug-likeness (QED) is 0.450. The highest BCUT2D eigenvalue weighted by Gasteiger charge is 2.37. The molecule has 0 spiro atoms. The molecular weight excluding hydrogens is 342 g/mol. The van der Waals surface area contributed by atoms with Crippen LogP contribution in [0.15, 0.2) is 24.3 Å². The summed E-state index contributed by atoms with van der Waals surface area (Å²) >= 11 is 0. The average molecular weight is 363 g/mol. The summed E-state index contributed by atoms with van der Waals surface area (Å²) in [5.41, 5.74) is 1.88. The SMILES string of the molecule is CC(C)(C)OC(=O)NCCCC(=O)NON1C(=O)c2ccccc2C1=O. The molecule has 1 aromatic carbocycles. The zero-order valence-corrected chi connectivity index (χ0v) is 14.8. The van der Waals surface area contributed by atoms with Gasteiger partial charge in [0.05, 0.1) is 11.1 Å². The van der Waals surface area contributed by atoms with Gasteiger partial charge in [0.15, 0.2) is 0 Å². The van der Waals surface area contributed by atoms with Gasteiger partial charge in [0.2, 0.25) is 5.91 Å². The second kappa shape index (κ2) is 7.96. The molecule has 0 saturated carbocycles. The van der Waals surface area contributed by atoms with E-state index in [0.29, 0.717) is 11.5 Å². The number of fused-ring (bicyclic) bond motifs is 1. The maximum Gasteiger partial charge on any atom is 0.407 e. The summed E-state index contributed by atoms with van der Waals surface area (Å²) in [5, 5.41) is 3.02. The molecule has 9 nitrogen and oxygen atoms in total. The molecule has 1 heterocycles. The molecule has 26 heavy (non-hydrogen) atoms. The van der Waals surface area contributed by atoms with Crippen molar-refractivity contribution in [2.24, 2.45) is 0 Å². The summed E-state index contributed by atoms with van der Waals surface area (Å²) in [6.07, 6.45) is -0.213. The van der Waals surface area contributed by atoms with Crippen LogP contribution in [0, 0.1) is 0 Å². The molecule has 0 saturated heterocycles. The maximum absolute atomic E-state index is 12.0. The first-order valence-electron chi connectivity index (χ1n) is 8.09. The van der Waals surface area contributed by atoms with E-state index in [1.54, 1.807) is 32.9 Å². The lowest BCUT2D eigenvalue weighted by molar-refractivity contribution is -0.166. The minimum atomic E-state index is -0.641. The number of imide groups is 1. The second-order valence-electron chi connectivity index (χ2n) is 6.60. The summed E-state index contributed by atoms with van der Waals surface area (Å²) in [6, 6.07) is 6.26. The van der Waals surface area contributed by atoms with E-state index in [0.717, 1.165) is 0 Å². The van der Waals surface area contributed by atoms with Crippen LogP contribution < -0.4 is 10.8 Å². The highest BCUT2D eigenvalue weighted by molar-refractivity contribution is 6.20. The van der Waals surface area contributed by atoms with Gasteiger partial charge in [0, 0.05) is 13.0 Å². The van der Waals surface area contributed by atoms with Gasteiger partial charge in [-0.15, -0.1) is 10.0 Å². The summed E-state index contributed by atoms with van der Waals surface area (Å²) in [4.78, 5) is 52.1. The molecule has 1 aromatic rings. The zero-order chi connectivity index (χ0) is 19.3. The van der Waals surface area contributed by atoms with Crippen LogP contribution in [0.3, 0.4) is 0 Å². The highest BCUT2D eigenvalue weighted by Crippen LogP contribution is 2.21. The summed E-state index contributed by atoms with van der Waals surface area (Å²) in [7, 11) is 0. The number of ether oxygens (including phenoxy) is 1. The number of nitrogens with zero attached hydrogens (tertiary/aromatic N) is 1. The standard InChI is InChI=1S/C17H21N3O6/c1-17(2,3)25-16(24)18-10-6-9-13(21)19-26-20-14(22)11-7-4-5-8-12(11)15(20)23/h4-5,7-8H,6,9-10H2,1-3H3,(H,18,24)(H,19,21). The Hall–Kier alpha value is -2.94. The number of benzene rings is 1. The summed E-state index contributed by atoms with van der Waals surface area (Å²) in [6.45, 7) is 5.47. The van der Waals surface area contributed by atoms with E-state index in [2.05, 4.69) is 5.32 Å². The fourth-order valence-corrected chi connectivity index (χ4v) is 2.15. The fraction of sp³-hybridized carbons (Fsp3) is 0.412. The van der Waals surface area contributed by atoms with Crippen LogP contribution in [-0.4, -0.2) is 41.0 Å². The molecule has 0 atom stereocenters. The Morgan fingerprint density at radius 2 is 1.65 bits per heavy atom. The van der Waals surface area contributed by atoms with Crippen LogP contribution in [0.5, 0.6) is 0 Å². The van der Waals surface area contributed by atoms with Crippen molar-refractivity contribution >= 4 is 23.8 Å². The first kappa shape index (κ1) is 19.4. The van der Waals surface area contributed by atoms with Crippen molar-refractivity contribution in [1.29, 1.82) is 0 Å². The topological polar surface area (TPSA) is 114 Å². The zero-order valence-electron chi connectivity index (χ0n) is 14.8. The largest absolute Gasteiger partial charge is 0.444 e. The highest BCUT2D eigenvalue weighted by atomic mass is 16.8. The van der Waals surface area contributed by atoms with E-state index in [4.69, 9.17) is 9.68 Å². The van der Waals surface area contributed by atoms with E-state index in [1.165, 1.54) is 12.1 Å². The summed E-state index contributed by atoms with van der Waals surface area (Å²) < 4.78 is 5.06. The Kier molecular flexibility index (Phi) is 5.93. The Labute approximate surface area is 150 Å². The number of hydrogen-bond donors (Lipinski definition) is 2. The second-order valence-corrected chi connectivity index (χ2v) is 6.60. The van der Waals surface area contributed by atoms with Crippen molar-refractivity contribution in [3.63, 3.8) is 0 Å². The first-order valence-corrected chi connectivity index (χ1v) is 8.09. The van der Waals surface area contributed by atoms with E-state index in [-0.39, 0.29) is 24.1 Å². The van der Waals surface area contributed by atoms with Crippen LogP contribution >= 0.6 is 0 Å². The van der Waals surface area contributed by atoms with Gasteiger partial charge in [-0.05, 0) is 39.3 Å². The number of hydroxylamine groups is 3. The van der Waals surface area contributed by atoms with Gasteiger partial charge in [0.1, 0.15) is 5.60 Å². The molecule has 140 valence electrons. The lowest BCUT2D eigenvalue weighted by Gasteiger charge is -2.19. The van der Waals surface area contributed by atoms with Gasteiger partial charge < -0.3 is 10.1 Å². The van der Waals surface area contributed by atoms with E-state index >= 15 is 0 Å². The van der Waals surface area contributed by atoms with Crippen LogP contribution in [-0.2, 0) is 14.5 Å². The predicted molar refractivity (Wildman–Crippen MR) is 89.6 cm³/mol. The molecule has 2 rings (SSSR count). The monoisotopic (exact) mass is 363 g/mol. The Morgan fingerprint density at radius 1 is 1.08 bits per heavy atom. The van der Waals surface area contributed by atoms with E-state index < -0.39 is 29.4 Å². The minimum absolute atomic E-state index is 0.0268. The number of carbonyl (C=O) groups excluding carboxylic acids is 4. The molecule has 1 aliphatic heterocycles. The average Bonchev–Trinajstić information content (AvgIpc) is 2.80. The molecule has 2 N–H and O–H groups in total. The third kappa shape index (κ3) is 5.03. The van der Waals surface area contributed by atoms with Gasteiger partial charge >= 0.3 is 6.09 Å². The molecule has 1 aliphatic rings. The molecular formula is C17H21N3O6. The van der Waals surface area contributed by atoms with Gasteiger partial charge in [-0.3, -0.25) is 14.4 Å². The lowest BCUT2D eigenvalue weighted by Crippen LogP contribution is -2.38. The Balaban J connectivity index is 1.69. The molecule has 0 aliphatic carbocycles. The normalized spacial score (nSPS) is 13.4. The number of alkyl carbamates (subject to hydrolysis) is 1. The van der Waals surface area contributed by atoms with Gasteiger partial charge in [-0.2, -0.15) is 0 Å². The van der Waals surface area contributed by atoms with E-state index in [9.17, 15) is 19.2 Å². The van der Waals surface area contributed by atoms with Crippen molar-refractivity contribution < 1.29 is 28.9 Å². The first-order chi connectivity index (χ1) is 12.2. The number of hydrogen-bond acceptors (Lipinski definition) is 6. The molecule has 0 aromatic heterocycles. The van der Waals surface area contributed by atoms with Crippen LogP contribution in [0.1, 0.15) is 54.3 Å². The van der Waals surface area contributed by atoms with Crippen molar-refractivity contribution in [3.05, 3.63) is 35.4 Å². The van der Waals surface area contributed by atoms with Crippen LogP contribution in [0.4, 0.5) is 4.79 Å². The third-order valence-corrected chi connectivity index (χ3v) is 3.26. The fourth-order valence-electron chi connectivity index (χ4n) is 2.15. The lowest BCUT2D eigenvalue weighted by atomic mass is 10.1. The Bertz CT molecular complexity index is 690. The van der Waals surface area contributed by atoms with Crippen LogP contribution in [0.2, 0.25) is 0 Å². The number of rotatable bonds is 6. The summed E-state index contributed by atoms with van der Waals surface area (Å²) in [5.74, 6) is -1.82. The molecule has 4 amide bonds. The van der Waals surface area contributed by atoms with Crippen molar-refractivity contribution in [2.45, 2.75) is 39.2 Å². The molecule has 0 radical (unpaired) electrons. The van der Waals surface area contributed by atoms with Crippen molar-refractivity contribution in [2.75, 3.05) is 6.54 Å². The van der Waals surface area contributed by atoms with Crippen molar-refractivity contribution in [3.8, 4) is 0 Å². The van der Waals surface area contributed by atoms with E-state index in [1.807, 2.05) is 5.48 Å². The third-order valence-electron chi connectivity index (χ3n) is 3.26. The van der Waals surface area contributed by atoms with Gasteiger partial charge in [-0.1, -0.05) is 12.1 Å². The van der Waals surface area contributed by atoms with Crippen LogP contribution in [0.25, 0.3) is 0 Å². The molecule has 0 fully saturated rings. The minimum Gasteiger partial charge on any atom is -0.444 e. The van der Waals surface area contributed by atoms with Gasteiger partial charge in [-0.25, -0.2) is 10.3 Å².